The average Bonchev–Trinajstić information content (AvgIpc) is 1.67. The molecule has 2 nitrogen and oxygen atoms in total. The molecule has 49 valence electrons. The second-order valence-corrected chi connectivity index (χ2v) is 4.07. The van der Waals surface area contributed by atoms with Gasteiger partial charge in [0.25, 0.3) is 0 Å². The third kappa shape index (κ3) is 3.18. The van der Waals surface area contributed by atoms with Crippen molar-refractivity contribution in [3.8, 4) is 0 Å². The van der Waals surface area contributed by atoms with E-state index in [0.29, 0.717) is 0 Å². The van der Waals surface area contributed by atoms with E-state index < -0.39 is 9.20 Å². The standard InChI is InChI=1S/C5H14NOSi/c1-5-7-8(4)6(2)3/h5H2,1-4H3. The predicted octanol–water partition coefficient (Wildman–Crippen LogP) is 0.703. The minimum Gasteiger partial charge on any atom is -0.403 e. The first-order valence-electron chi connectivity index (χ1n) is 2.82. The molecule has 0 saturated carbocycles. The zero-order valence-corrected chi connectivity index (χ0v) is 7.06. The summed E-state index contributed by atoms with van der Waals surface area (Å²) in [6.07, 6.45) is 0. The Morgan fingerprint density at radius 1 is 1.50 bits per heavy atom. The SMILES string of the molecule is CCO[Si](C)N(C)C. The van der Waals surface area contributed by atoms with Crippen LogP contribution in [0.2, 0.25) is 6.55 Å². The quantitative estimate of drug-likeness (QED) is 0.524. The molecule has 0 fully saturated rings. The summed E-state index contributed by atoms with van der Waals surface area (Å²) in [4.78, 5) is 0. The molecule has 0 rings (SSSR count). The van der Waals surface area contributed by atoms with Gasteiger partial charge in [0.2, 0.25) is 0 Å². The van der Waals surface area contributed by atoms with Gasteiger partial charge in [-0.2, -0.15) is 0 Å². The summed E-state index contributed by atoms with van der Waals surface area (Å²) in [6.45, 7) is 4.99. The van der Waals surface area contributed by atoms with Crippen LogP contribution in [0.25, 0.3) is 0 Å². The number of nitrogens with zero attached hydrogens (tertiary/aromatic N) is 1. The molecule has 0 spiro atoms. The fourth-order valence-corrected chi connectivity index (χ4v) is 1.01. The summed E-state index contributed by atoms with van der Waals surface area (Å²) in [6, 6.07) is 0. The normalized spacial score (nSPS) is 11.2. The molecule has 3 heteroatoms. The smallest absolute Gasteiger partial charge is 0.301 e. The van der Waals surface area contributed by atoms with Crippen molar-refractivity contribution in [3.63, 3.8) is 0 Å². The van der Waals surface area contributed by atoms with Gasteiger partial charge in [-0.15, -0.1) is 0 Å². The first-order valence-corrected chi connectivity index (χ1v) is 4.67. The summed E-state index contributed by atoms with van der Waals surface area (Å²) in [7, 11) is 3.47. The van der Waals surface area contributed by atoms with Crippen LogP contribution in [0.1, 0.15) is 6.92 Å². The molecule has 0 atom stereocenters. The molecule has 0 aromatic rings. The van der Waals surface area contributed by atoms with E-state index in [1.807, 2.05) is 21.0 Å². The van der Waals surface area contributed by atoms with E-state index in [1.165, 1.54) is 0 Å². The zero-order chi connectivity index (χ0) is 6.57. The summed E-state index contributed by atoms with van der Waals surface area (Å²) < 4.78 is 7.46. The third-order valence-corrected chi connectivity index (χ3v) is 2.95. The zero-order valence-electron chi connectivity index (χ0n) is 6.06. The Kier molecular flexibility index (Phi) is 4.13. The van der Waals surface area contributed by atoms with Gasteiger partial charge in [-0.05, 0) is 27.6 Å². The van der Waals surface area contributed by atoms with Crippen LogP contribution in [0.4, 0.5) is 0 Å². The lowest BCUT2D eigenvalue weighted by molar-refractivity contribution is 0.308. The fourth-order valence-electron chi connectivity index (χ4n) is 0.338. The minimum absolute atomic E-state index is 0.624. The molecule has 0 aromatic heterocycles. The van der Waals surface area contributed by atoms with Crippen LogP contribution in [0.5, 0.6) is 0 Å². The Bertz CT molecular complexity index is 58.4. The van der Waals surface area contributed by atoms with E-state index in [4.69, 9.17) is 4.43 Å². The molecule has 0 saturated heterocycles. The molecule has 0 aliphatic rings. The summed E-state index contributed by atoms with van der Waals surface area (Å²) >= 11 is 0. The predicted molar refractivity (Wildman–Crippen MR) is 36.9 cm³/mol. The molecule has 8 heavy (non-hydrogen) atoms. The maximum absolute atomic E-state index is 5.33. The number of rotatable bonds is 3. The van der Waals surface area contributed by atoms with Crippen molar-refractivity contribution in [2.75, 3.05) is 20.7 Å². The Labute approximate surface area is 53.3 Å². The van der Waals surface area contributed by atoms with E-state index >= 15 is 0 Å². The third-order valence-electron chi connectivity index (χ3n) is 0.983. The Hall–Kier alpha value is 0.137. The van der Waals surface area contributed by atoms with E-state index in [0.717, 1.165) is 6.61 Å². The molecule has 0 aromatic carbocycles. The maximum Gasteiger partial charge on any atom is 0.301 e. The second kappa shape index (κ2) is 4.06. The maximum atomic E-state index is 5.33. The van der Waals surface area contributed by atoms with Gasteiger partial charge in [-0.1, -0.05) is 0 Å². The van der Waals surface area contributed by atoms with Gasteiger partial charge < -0.3 is 8.99 Å². The molecule has 0 unspecified atom stereocenters. The monoisotopic (exact) mass is 132 g/mol. The average molecular weight is 132 g/mol. The van der Waals surface area contributed by atoms with Crippen LogP contribution in [-0.2, 0) is 4.43 Å². The Morgan fingerprint density at radius 2 is 2.00 bits per heavy atom. The molecule has 1 radical (unpaired) electrons. The first kappa shape index (κ1) is 8.14. The van der Waals surface area contributed by atoms with Crippen LogP contribution < -0.4 is 0 Å². The highest BCUT2D eigenvalue weighted by molar-refractivity contribution is 6.46. The highest BCUT2D eigenvalue weighted by Crippen LogP contribution is 1.86. The number of hydrogen-bond donors (Lipinski definition) is 0. The van der Waals surface area contributed by atoms with Gasteiger partial charge in [0.05, 0.1) is 0 Å². The van der Waals surface area contributed by atoms with Gasteiger partial charge in [0.1, 0.15) is 0 Å². The van der Waals surface area contributed by atoms with Gasteiger partial charge in [-0.3, -0.25) is 0 Å². The topological polar surface area (TPSA) is 12.5 Å². The van der Waals surface area contributed by atoms with Crippen molar-refractivity contribution in [3.05, 3.63) is 0 Å². The lowest BCUT2D eigenvalue weighted by atomic mass is 10.9. The summed E-state index contributed by atoms with van der Waals surface area (Å²) in [5.74, 6) is 0. The van der Waals surface area contributed by atoms with Crippen LogP contribution in [0.3, 0.4) is 0 Å². The van der Waals surface area contributed by atoms with Crippen molar-refractivity contribution >= 4 is 9.20 Å². The van der Waals surface area contributed by atoms with Crippen molar-refractivity contribution in [1.82, 2.24) is 4.57 Å². The fraction of sp³-hybridized carbons (Fsp3) is 1.00. The van der Waals surface area contributed by atoms with E-state index in [9.17, 15) is 0 Å². The van der Waals surface area contributed by atoms with Crippen LogP contribution in [0, 0.1) is 0 Å². The largest absolute Gasteiger partial charge is 0.403 e. The highest BCUT2D eigenvalue weighted by Gasteiger charge is 2.06. The molecule has 0 aliphatic heterocycles. The van der Waals surface area contributed by atoms with E-state index in [-0.39, 0.29) is 0 Å². The molecular weight excluding hydrogens is 118 g/mol. The molecule has 0 N–H and O–H groups in total. The Balaban J connectivity index is 3.17. The molecular formula is C5H14NOSi. The first-order chi connectivity index (χ1) is 3.68. The van der Waals surface area contributed by atoms with Gasteiger partial charge in [0.15, 0.2) is 0 Å². The highest BCUT2D eigenvalue weighted by atomic mass is 28.3. The molecule has 0 bridgehead atoms. The molecule has 0 aliphatic carbocycles. The van der Waals surface area contributed by atoms with Crippen molar-refractivity contribution in [2.45, 2.75) is 13.5 Å². The number of hydrogen-bond acceptors (Lipinski definition) is 2. The van der Waals surface area contributed by atoms with Crippen LogP contribution >= 0.6 is 0 Å². The lowest BCUT2D eigenvalue weighted by Crippen LogP contribution is -2.32. The second-order valence-electron chi connectivity index (χ2n) is 1.85. The van der Waals surface area contributed by atoms with Crippen LogP contribution in [0.15, 0.2) is 0 Å². The molecule has 0 heterocycles. The van der Waals surface area contributed by atoms with Gasteiger partial charge in [0, 0.05) is 6.61 Å². The van der Waals surface area contributed by atoms with E-state index in [1.54, 1.807) is 0 Å². The summed E-state index contributed by atoms with van der Waals surface area (Å²) in [5.41, 5.74) is 0. The Morgan fingerprint density at radius 3 is 2.12 bits per heavy atom. The van der Waals surface area contributed by atoms with E-state index in [2.05, 4.69) is 11.1 Å². The van der Waals surface area contributed by atoms with Crippen molar-refractivity contribution < 1.29 is 4.43 Å². The van der Waals surface area contributed by atoms with Crippen molar-refractivity contribution in [2.24, 2.45) is 0 Å². The summed E-state index contributed by atoms with van der Waals surface area (Å²) in [5, 5.41) is 0. The molecule has 0 amide bonds. The lowest BCUT2D eigenvalue weighted by Gasteiger charge is -2.15. The van der Waals surface area contributed by atoms with Gasteiger partial charge >= 0.3 is 9.20 Å². The van der Waals surface area contributed by atoms with Gasteiger partial charge in [-0.25, -0.2) is 0 Å². The minimum atomic E-state index is -0.624. The van der Waals surface area contributed by atoms with Crippen molar-refractivity contribution in [1.29, 1.82) is 0 Å². The van der Waals surface area contributed by atoms with Crippen LogP contribution in [-0.4, -0.2) is 34.5 Å².